The lowest BCUT2D eigenvalue weighted by molar-refractivity contribution is -0.139. The number of nitrogens with zero attached hydrogens (tertiary/aromatic N) is 3. The second-order valence-corrected chi connectivity index (χ2v) is 6.69. The number of ether oxygens (including phenoxy) is 1. The van der Waals surface area contributed by atoms with E-state index in [1.807, 2.05) is 45.0 Å². The number of carbonyl (C=O) groups excluding carboxylic acids is 3. The Balaban J connectivity index is -0.000000502. The molecule has 2 rings (SSSR count). The Bertz CT molecular complexity index is 659. The van der Waals surface area contributed by atoms with E-state index in [0.717, 1.165) is 31.7 Å². The van der Waals surface area contributed by atoms with Gasteiger partial charge in [0.05, 0.1) is 13.7 Å². The van der Waals surface area contributed by atoms with Gasteiger partial charge in [-0.3, -0.25) is 14.4 Å². The van der Waals surface area contributed by atoms with Gasteiger partial charge < -0.3 is 25.2 Å². The molecule has 1 aromatic carbocycles. The van der Waals surface area contributed by atoms with Crippen molar-refractivity contribution in [2.24, 2.45) is 5.73 Å². The number of benzene rings is 1. The summed E-state index contributed by atoms with van der Waals surface area (Å²) in [6, 6.07) is 7.96. The summed E-state index contributed by atoms with van der Waals surface area (Å²) in [6.45, 7) is 8.15. The summed E-state index contributed by atoms with van der Waals surface area (Å²) in [5.41, 5.74) is 5.73. The van der Waals surface area contributed by atoms with Crippen molar-refractivity contribution in [3.8, 4) is 18.6 Å². The molecule has 33 heavy (non-hydrogen) atoms. The third-order valence-electron chi connectivity index (χ3n) is 4.34. The molecule has 1 aliphatic heterocycles. The molecule has 1 heterocycles. The first kappa shape index (κ1) is 34.6. The van der Waals surface area contributed by atoms with E-state index < -0.39 is 0 Å². The van der Waals surface area contributed by atoms with Crippen molar-refractivity contribution < 1.29 is 19.1 Å². The quantitative estimate of drug-likeness (QED) is 0.494. The minimum absolute atomic E-state index is 0.00657. The van der Waals surface area contributed by atoms with Crippen LogP contribution in [-0.4, -0.2) is 87.4 Å². The van der Waals surface area contributed by atoms with Gasteiger partial charge in [-0.15, -0.1) is 12.8 Å². The molecule has 8 heteroatoms. The normalized spacial score (nSPS) is 10.8. The summed E-state index contributed by atoms with van der Waals surface area (Å²) in [7, 11) is 6.42. The molecular weight excluding hydrogens is 420 g/mol. The van der Waals surface area contributed by atoms with Crippen LogP contribution in [0.1, 0.15) is 38.7 Å². The van der Waals surface area contributed by atoms with Crippen LogP contribution < -0.4 is 10.5 Å². The van der Waals surface area contributed by atoms with E-state index in [9.17, 15) is 14.4 Å². The highest BCUT2D eigenvalue weighted by molar-refractivity contribution is 5.84. The Morgan fingerprint density at radius 2 is 1.70 bits per heavy atom. The molecule has 0 spiro atoms. The first-order valence-electron chi connectivity index (χ1n) is 11.1. The average Bonchev–Trinajstić information content (AvgIpc) is 3.41. The molecule has 0 atom stereocenters. The molecule has 0 bridgehead atoms. The number of hydrogen-bond donors (Lipinski definition) is 1. The third kappa shape index (κ3) is 17.2. The van der Waals surface area contributed by atoms with Crippen molar-refractivity contribution in [2.75, 3.05) is 54.4 Å². The number of nitrogens with two attached hydrogens (primary N) is 1. The van der Waals surface area contributed by atoms with Crippen molar-refractivity contribution in [3.63, 3.8) is 0 Å². The average molecular weight is 465 g/mol. The van der Waals surface area contributed by atoms with E-state index in [1.165, 1.54) is 22.4 Å². The number of terminal acetylenes is 1. The molecule has 188 valence electrons. The largest absolute Gasteiger partial charge is 0.497 e. The molecule has 1 fully saturated rings. The number of hydrogen-bond acceptors (Lipinski definition) is 5. The highest BCUT2D eigenvalue weighted by Crippen LogP contribution is 2.10. The van der Waals surface area contributed by atoms with E-state index in [4.69, 9.17) is 4.74 Å². The molecule has 8 nitrogen and oxygen atoms in total. The molecule has 0 aliphatic carbocycles. The van der Waals surface area contributed by atoms with Crippen LogP contribution in [0.5, 0.6) is 5.75 Å². The Morgan fingerprint density at radius 3 is 2.12 bits per heavy atom. The Hall–Kier alpha value is -3.05. The fourth-order valence-electron chi connectivity index (χ4n) is 2.62. The molecule has 3 amide bonds. The van der Waals surface area contributed by atoms with Gasteiger partial charge in [0.25, 0.3) is 0 Å². The summed E-state index contributed by atoms with van der Waals surface area (Å²) >= 11 is 0. The fraction of sp³-hybridized carbons (Fsp3) is 0.560. The second kappa shape index (κ2) is 23.6. The lowest BCUT2D eigenvalue weighted by Crippen LogP contribution is -2.40. The van der Waals surface area contributed by atoms with Gasteiger partial charge in [-0.2, -0.15) is 0 Å². The summed E-state index contributed by atoms with van der Waals surface area (Å²) < 4.78 is 5.00. The van der Waals surface area contributed by atoms with Crippen LogP contribution in [0.15, 0.2) is 24.3 Å². The molecule has 0 radical (unpaired) electrons. The SMILES string of the molecule is C#C.CC.CN.CN(C=O)CCC(=O)N(C)CC(=O)N1CCCC1.COc1cccc(C)c1. The van der Waals surface area contributed by atoms with Crippen LogP contribution >= 0.6 is 0 Å². The van der Waals surface area contributed by atoms with Gasteiger partial charge in [0.2, 0.25) is 18.2 Å². The second-order valence-electron chi connectivity index (χ2n) is 6.69. The maximum atomic E-state index is 11.8. The zero-order valence-corrected chi connectivity index (χ0v) is 21.5. The maximum Gasteiger partial charge on any atom is 0.242 e. The van der Waals surface area contributed by atoms with Gasteiger partial charge in [-0.1, -0.05) is 26.0 Å². The number of carbonyl (C=O) groups is 3. The van der Waals surface area contributed by atoms with E-state index in [-0.39, 0.29) is 24.8 Å². The predicted octanol–water partition coefficient (Wildman–Crippen LogP) is 2.40. The van der Waals surface area contributed by atoms with Crippen molar-refractivity contribution in [2.45, 2.75) is 40.0 Å². The van der Waals surface area contributed by atoms with E-state index in [0.29, 0.717) is 13.0 Å². The predicted molar refractivity (Wildman–Crippen MR) is 136 cm³/mol. The summed E-state index contributed by atoms with van der Waals surface area (Å²) in [6.07, 6.45) is 11.0. The fourth-order valence-corrected chi connectivity index (χ4v) is 2.62. The first-order valence-corrected chi connectivity index (χ1v) is 11.1. The van der Waals surface area contributed by atoms with Gasteiger partial charge >= 0.3 is 0 Å². The molecule has 0 unspecified atom stereocenters. The van der Waals surface area contributed by atoms with Gasteiger partial charge in [0, 0.05) is 40.2 Å². The summed E-state index contributed by atoms with van der Waals surface area (Å²) in [5.74, 6) is 0.818. The van der Waals surface area contributed by atoms with Crippen LogP contribution in [-0.2, 0) is 14.4 Å². The third-order valence-corrected chi connectivity index (χ3v) is 4.34. The number of aryl methyl sites for hydroxylation is 1. The highest BCUT2D eigenvalue weighted by atomic mass is 16.5. The summed E-state index contributed by atoms with van der Waals surface area (Å²) in [5, 5.41) is 0. The minimum Gasteiger partial charge on any atom is -0.497 e. The topological polar surface area (TPSA) is 96.2 Å². The van der Waals surface area contributed by atoms with Crippen LogP contribution in [0.3, 0.4) is 0 Å². The number of likely N-dealkylation sites (tertiary alicyclic amines) is 1. The first-order chi connectivity index (χ1) is 15.9. The van der Waals surface area contributed by atoms with Crippen molar-refractivity contribution in [1.29, 1.82) is 0 Å². The number of rotatable bonds is 7. The number of amides is 3. The standard InChI is InChI=1S/C12H21N3O3.C8H10O.C2H6.C2H2.CH5N/c1-13(10-16)8-5-11(17)14(2)9-12(18)15-6-3-4-7-15;1-7-4-3-5-8(6-7)9-2;3*1-2/h10H,3-9H2,1-2H3;3-6H,1-2H3;1-2H3;1-2H;2H2,1H3. The Morgan fingerprint density at radius 1 is 1.15 bits per heavy atom. The molecule has 2 N–H and O–H groups in total. The van der Waals surface area contributed by atoms with Gasteiger partial charge in [0.1, 0.15) is 5.75 Å². The molecule has 1 aliphatic rings. The van der Waals surface area contributed by atoms with E-state index in [2.05, 4.69) is 18.6 Å². The minimum atomic E-state index is -0.115. The Kier molecular flexibility index (Phi) is 24.7. The smallest absolute Gasteiger partial charge is 0.242 e. The lowest BCUT2D eigenvalue weighted by atomic mass is 10.2. The van der Waals surface area contributed by atoms with Crippen LogP contribution in [0.4, 0.5) is 0 Å². The van der Waals surface area contributed by atoms with Gasteiger partial charge in [-0.25, -0.2) is 0 Å². The molecule has 0 aromatic heterocycles. The van der Waals surface area contributed by atoms with E-state index >= 15 is 0 Å². The summed E-state index contributed by atoms with van der Waals surface area (Å²) in [4.78, 5) is 38.6. The van der Waals surface area contributed by atoms with Crippen LogP contribution in [0.25, 0.3) is 0 Å². The molecular formula is C25H44N4O4. The van der Waals surface area contributed by atoms with E-state index in [1.54, 1.807) is 26.1 Å². The zero-order chi connectivity index (χ0) is 26.2. The number of likely N-dealkylation sites (N-methyl/N-ethyl adjacent to an activating group) is 1. The number of methoxy groups -OCH3 is 1. The van der Waals surface area contributed by atoms with Gasteiger partial charge in [-0.05, 0) is 44.5 Å². The molecule has 0 saturated carbocycles. The Labute approximate surface area is 201 Å². The van der Waals surface area contributed by atoms with Crippen LogP contribution in [0, 0.1) is 19.8 Å². The van der Waals surface area contributed by atoms with Crippen molar-refractivity contribution >= 4 is 18.2 Å². The van der Waals surface area contributed by atoms with Crippen molar-refractivity contribution in [3.05, 3.63) is 29.8 Å². The highest BCUT2D eigenvalue weighted by Gasteiger charge is 2.20. The lowest BCUT2D eigenvalue weighted by Gasteiger charge is -2.22. The monoisotopic (exact) mass is 464 g/mol. The zero-order valence-electron chi connectivity index (χ0n) is 21.5. The van der Waals surface area contributed by atoms with Crippen molar-refractivity contribution in [1.82, 2.24) is 14.7 Å². The maximum absolute atomic E-state index is 11.8. The molecule has 1 aromatic rings. The molecule has 1 saturated heterocycles. The van der Waals surface area contributed by atoms with Gasteiger partial charge in [0.15, 0.2) is 0 Å². The van der Waals surface area contributed by atoms with Crippen LogP contribution in [0.2, 0.25) is 0 Å².